The van der Waals surface area contributed by atoms with Crippen LogP contribution in [0.2, 0.25) is 0 Å². The van der Waals surface area contributed by atoms with Crippen molar-refractivity contribution < 1.29 is 17.9 Å². The van der Waals surface area contributed by atoms with Crippen LogP contribution in [0.15, 0.2) is 58.2 Å². The van der Waals surface area contributed by atoms with E-state index in [4.69, 9.17) is 9.68 Å². The van der Waals surface area contributed by atoms with Gasteiger partial charge in [0.15, 0.2) is 0 Å². The maximum atomic E-state index is 12.7. The van der Waals surface area contributed by atoms with Crippen LogP contribution in [0, 0.1) is 11.3 Å². The summed E-state index contributed by atoms with van der Waals surface area (Å²) in [6, 6.07) is 9.59. The molecule has 4 aromatic rings. The van der Waals surface area contributed by atoms with Crippen molar-refractivity contribution in [2.45, 2.75) is 36.4 Å². The Labute approximate surface area is 189 Å². The summed E-state index contributed by atoms with van der Waals surface area (Å²) >= 11 is 0. The third-order valence-corrected chi connectivity index (χ3v) is 7.13. The van der Waals surface area contributed by atoms with Crippen molar-refractivity contribution in [1.82, 2.24) is 19.7 Å². The highest BCUT2D eigenvalue weighted by atomic mass is 32.2. The number of H-pyrrole nitrogens is 1. The lowest BCUT2D eigenvalue weighted by molar-refractivity contribution is 0.248. The number of oxazole rings is 1. The topological polar surface area (TPSA) is 157 Å². The minimum absolute atomic E-state index is 0.0228. The molecule has 0 unspecified atom stereocenters. The average Bonchev–Trinajstić information content (AvgIpc) is 3.47. The summed E-state index contributed by atoms with van der Waals surface area (Å²) in [4.78, 5) is 11.8. The van der Waals surface area contributed by atoms with E-state index in [1.54, 1.807) is 24.5 Å². The molecule has 5 rings (SSSR count). The van der Waals surface area contributed by atoms with Crippen LogP contribution in [-0.2, 0) is 16.6 Å². The zero-order chi connectivity index (χ0) is 23.0. The lowest BCUT2D eigenvalue weighted by Crippen LogP contribution is -2.49. The number of nitriles is 1. The fraction of sp³-hybridized carbons (Fsp3) is 0.227. The number of aliphatic hydroxyl groups is 1. The van der Waals surface area contributed by atoms with E-state index >= 15 is 0 Å². The number of hydrogen-bond donors (Lipinski definition) is 4. The van der Waals surface area contributed by atoms with Gasteiger partial charge < -0.3 is 19.8 Å². The predicted octanol–water partition coefficient (Wildman–Crippen LogP) is 2.50. The number of sulfonamides is 1. The van der Waals surface area contributed by atoms with Crippen molar-refractivity contribution in [3.63, 3.8) is 0 Å². The monoisotopic (exact) mass is 464 g/mol. The Balaban J connectivity index is 1.32. The number of hydrogen-bond acceptors (Lipinski definition) is 8. The molecule has 0 amide bonds. The number of benzene rings is 1. The van der Waals surface area contributed by atoms with Gasteiger partial charge in [0.05, 0.1) is 34.0 Å². The Hall–Kier alpha value is -3.72. The molecule has 0 saturated heterocycles. The molecule has 33 heavy (non-hydrogen) atoms. The number of anilines is 1. The van der Waals surface area contributed by atoms with Crippen molar-refractivity contribution in [2.24, 2.45) is 0 Å². The largest absolute Gasteiger partial charge is 0.439 e. The smallest absolute Gasteiger partial charge is 0.240 e. The highest BCUT2D eigenvalue weighted by Gasteiger charge is 2.34. The van der Waals surface area contributed by atoms with Crippen LogP contribution in [0.25, 0.3) is 22.5 Å². The SMILES string of the molecule is N#Cc1cccc(S(=O)(=O)NC2CC(Nc3c(-c4ncc(CO)o4)cnc4[nH]ccc34)C2)c1. The Bertz CT molecular complexity index is 1460. The molecule has 0 bridgehead atoms. The van der Waals surface area contributed by atoms with Gasteiger partial charge in [0.25, 0.3) is 0 Å². The standard InChI is InChI=1S/C22H20N6O4S/c23-9-13-2-1-3-17(6-13)33(30,31)28-15-7-14(8-15)27-20-18-4-5-24-21(18)25-11-19(20)22-26-10-16(12-29)32-22/h1-6,10-11,14-15,28-29H,7-8,12H2,(H2,24,25,27). The average molecular weight is 465 g/mol. The van der Waals surface area contributed by atoms with Crippen molar-refractivity contribution >= 4 is 26.7 Å². The number of aromatic amines is 1. The third kappa shape index (κ3) is 4.07. The summed E-state index contributed by atoms with van der Waals surface area (Å²) in [5, 5.41) is 22.6. The molecule has 0 atom stereocenters. The summed E-state index contributed by atoms with van der Waals surface area (Å²) in [6.45, 7) is -0.253. The van der Waals surface area contributed by atoms with E-state index < -0.39 is 10.0 Å². The molecule has 10 nitrogen and oxygen atoms in total. The number of rotatable bonds is 7. The van der Waals surface area contributed by atoms with Crippen LogP contribution in [-0.4, -0.2) is 40.6 Å². The van der Waals surface area contributed by atoms with Gasteiger partial charge in [-0.25, -0.2) is 23.1 Å². The summed E-state index contributed by atoms with van der Waals surface area (Å²) in [6.07, 6.45) is 6.07. The Kier molecular flexibility index (Phi) is 5.33. The van der Waals surface area contributed by atoms with Gasteiger partial charge >= 0.3 is 0 Å². The second-order valence-electron chi connectivity index (χ2n) is 7.85. The van der Waals surface area contributed by atoms with E-state index in [1.165, 1.54) is 18.3 Å². The Morgan fingerprint density at radius 2 is 2.06 bits per heavy atom. The zero-order valence-corrected chi connectivity index (χ0v) is 18.1. The van der Waals surface area contributed by atoms with Gasteiger partial charge in [-0.15, -0.1) is 0 Å². The van der Waals surface area contributed by atoms with Gasteiger partial charge in [-0.2, -0.15) is 5.26 Å². The first kappa shape index (κ1) is 21.1. The van der Waals surface area contributed by atoms with Crippen LogP contribution < -0.4 is 10.0 Å². The first-order chi connectivity index (χ1) is 16.0. The lowest BCUT2D eigenvalue weighted by atomic mass is 9.87. The minimum Gasteiger partial charge on any atom is -0.439 e. The van der Waals surface area contributed by atoms with E-state index in [-0.39, 0.29) is 23.6 Å². The maximum Gasteiger partial charge on any atom is 0.240 e. The molecule has 0 aliphatic heterocycles. The summed E-state index contributed by atoms with van der Waals surface area (Å²) in [7, 11) is -3.72. The van der Waals surface area contributed by atoms with Crippen LogP contribution >= 0.6 is 0 Å². The van der Waals surface area contributed by atoms with Crippen LogP contribution in [0.4, 0.5) is 5.69 Å². The Morgan fingerprint density at radius 1 is 1.21 bits per heavy atom. The molecule has 0 radical (unpaired) electrons. The zero-order valence-electron chi connectivity index (χ0n) is 17.3. The second kappa shape index (κ2) is 8.32. The van der Waals surface area contributed by atoms with Crippen LogP contribution in [0.3, 0.4) is 0 Å². The number of fused-ring (bicyclic) bond motifs is 1. The third-order valence-electron chi connectivity index (χ3n) is 5.61. The van der Waals surface area contributed by atoms with Gasteiger partial charge in [-0.1, -0.05) is 6.07 Å². The summed E-state index contributed by atoms with van der Waals surface area (Å²) in [5.74, 6) is 0.690. The molecular weight excluding hydrogens is 444 g/mol. The second-order valence-corrected chi connectivity index (χ2v) is 9.56. The molecular formula is C22H20N6O4S. The molecule has 1 saturated carbocycles. The minimum atomic E-state index is -3.72. The molecule has 1 aliphatic carbocycles. The van der Waals surface area contributed by atoms with E-state index in [2.05, 4.69) is 25.0 Å². The highest BCUT2D eigenvalue weighted by Crippen LogP contribution is 2.36. The van der Waals surface area contributed by atoms with E-state index in [0.29, 0.717) is 41.3 Å². The maximum absolute atomic E-state index is 12.7. The van der Waals surface area contributed by atoms with Gasteiger partial charge in [-0.05, 0) is 37.1 Å². The van der Waals surface area contributed by atoms with Crippen LogP contribution in [0.5, 0.6) is 0 Å². The Morgan fingerprint density at radius 3 is 2.82 bits per heavy atom. The van der Waals surface area contributed by atoms with Gasteiger partial charge in [0.1, 0.15) is 18.0 Å². The van der Waals surface area contributed by atoms with Gasteiger partial charge in [0.2, 0.25) is 15.9 Å². The van der Waals surface area contributed by atoms with E-state index in [0.717, 1.165) is 11.1 Å². The molecule has 1 fully saturated rings. The summed E-state index contributed by atoms with van der Waals surface area (Å²) < 4.78 is 33.7. The predicted molar refractivity (Wildman–Crippen MR) is 119 cm³/mol. The first-order valence-corrected chi connectivity index (χ1v) is 11.8. The van der Waals surface area contributed by atoms with Crippen molar-refractivity contribution in [3.05, 3.63) is 60.2 Å². The first-order valence-electron chi connectivity index (χ1n) is 10.3. The van der Waals surface area contributed by atoms with Crippen molar-refractivity contribution in [3.8, 4) is 17.5 Å². The molecule has 1 aliphatic rings. The number of aliphatic hydroxyl groups excluding tert-OH is 1. The fourth-order valence-electron chi connectivity index (χ4n) is 3.89. The van der Waals surface area contributed by atoms with Crippen molar-refractivity contribution in [2.75, 3.05) is 5.32 Å². The molecule has 168 valence electrons. The molecule has 0 spiro atoms. The molecule has 1 aromatic carbocycles. The van der Waals surface area contributed by atoms with Crippen molar-refractivity contribution in [1.29, 1.82) is 5.26 Å². The number of pyridine rings is 1. The summed E-state index contributed by atoms with van der Waals surface area (Å²) in [5.41, 5.74) is 2.42. The lowest BCUT2D eigenvalue weighted by Gasteiger charge is -2.37. The normalized spacial score (nSPS) is 18.1. The number of aromatic nitrogens is 3. The number of nitrogens with one attached hydrogen (secondary N) is 3. The van der Waals surface area contributed by atoms with Gasteiger partial charge in [-0.3, -0.25) is 0 Å². The molecule has 4 N–H and O–H groups in total. The quantitative estimate of drug-likeness (QED) is 0.325. The van der Waals surface area contributed by atoms with E-state index in [9.17, 15) is 13.5 Å². The molecule has 3 aromatic heterocycles. The molecule has 3 heterocycles. The van der Waals surface area contributed by atoms with E-state index in [1.807, 2.05) is 12.1 Å². The highest BCUT2D eigenvalue weighted by molar-refractivity contribution is 7.89. The van der Waals surface area contributed by atoms with Gasteiger partial charge in [0, 0.05) is 29.9 Å². The number of nitrogens with zero attached hydrogens (tertiary/aromatic N) is 3. The van der Waals surface area contributed by atoms with Crippen LogP contribution in [0.1, 0.15) is 24.2 Å². The molecule has 11 heteroatoms. The fourth-order valence-corrected chi connectivity index (χ4v) is 5.19.